The Hall–Kier alpha value is -0.0400. The number of hydrogen-bond acceptors (Lipinski definition) is 1. The Morgan fingerprint density at radius 2 is 1.44 bits per heavy atom. The highest BCUT2D eigenvalue weighted by molar-refractivity contribution is 5.06. The molecule has 0 heterocycles. The van der Waals surface area contributed by atoms with Crippen LogP contribution in [0.15, 0.2) is 0 Å². The van der Waals surface area contributed by atoms with Crippen LogP contribution in [0.5, 0.6) is 0 Å². The van der Waals surface area contributed by atoms with Gasteiger partial charge in [0.15, 0.2) is 0 Å². The SMILES string of the molecule is CC(C)C(C)(C)CNC12CC3CC(CC(C3)C1)C2. The summed E-state index contributed by atoms with van der Waals surface area (Å²) in [6, 6.07) is 0. The van der Waals surface area contributed by atoms with Crippen molar-refractivity contribution in [1.82, 2.24) is 5.32 Å². The molecule has 0 aromatic rings. The minimum atomic E-state index is 0.434. The third-order valence-electron chi connectivity index (χ3n) is 6.52. The molecule has 1 nitrogen and oxygen atoms in total. The molecule has 4 aliphatic rings. The molecule has 4 rings (SSSR count). The number of rotatable bonds is 4. The van der Waals surface area contributed by atoms with Gasteiger partial charge in [0.2, 0.25) is 0 Å². The lowest BCUT2D eigenvalue weighted by Gasteiger charge is -2.57. The summed E-state index contributed by atoms with van der Waals surface area (Å²) in [6.45, 7) is 10.8. The van der Waals surface area contributed by atoms with E-state index in [2.05, 4.69) is 33.0 Å². The van der Waals surface area contributed by atoms with Crippen LogP contribution in [0.2, 0.25) is 0 Å². The van der Waals surface area contributed by atoms with E-state index < -0.39 is 0 Å². The number of hydrogen-bond donors (Lipinski definition) is 1. The zero-order chi connectivity index (χ0) is 13.0. The lowest BCUT2D eigenvalue weighted by molar-refractivity contribution is -0.0253. The van der Waals surface area contributed by atoms with Crippen molar-refractivity contribution >= 4 is 0 Å². The van der Waals surface area contributed by atoms with Crippen LogP contribution in [0.4, 0.5) is 0 Å². The van der Waals surface area contributed by atoms with Crippen molar-refractivity contribution in [3.05, 3.63) is 0 Å². The lowest BCUT2D eigenvalue weighted by atomic mass is 9.53. The van der Waals surface area contributed by atoms with Crippen LogP contribution in [0.3, 0.4) is 0 Å². The van der Waals surface area contributed by atoms with Gasteiger partial charge in [-0.3, -0.25) is 0 Å². The summed E-state index contributed by atoms with van der Waals surface area (Å²) in [4.78, 5) is 0. The highest BCUT2D eigenvalue weighted by Crippen LogP contribution is 2.55. The van der Waals surface area contributed by atoms with Gasteiger partial charge in [0, 0.05) is 12.1 Å². The fourth-order valence-electron chi connectivity index (χ4n) is 4.95. The standard InChI is InChI=1S/C17H31N/c1-12(2)16(3,4)11-18-17-8-13-5-14(9-17)7-15(6-13)10-17/h12-15,18H,5-11H2,1-4H3. The van der Waals surface area contributed by atoms with Crippen molar-refractivity contribution in [2.75, 3.05) is 6.54 Å². The van der Waals surface area contributed by atoms with E-state index >= 15 is 0 Å². The second kappa shape index (κ2) is 4.23. The van der Waals surface area contributed by atoms with Gasteiger partial charge in [-0.15, -0.1) is 0 Å². The van der Waals surface area contributed by atoms with Crippen LogP contribution >= 0.6 is 0 Å². The number of nitrogens with one attached hydrogen (secondary N) is 1. The van der Waals surface area contributed by atoms with Crippen molar-refractivity contribution in [3.63, 3.8) is 0 Å². The molecule has 4 bridgehead atoms. The van der Waals surface area contributed by atoms with Crippen molar-refractivity contribution in [1.29, 1.82) is 0 Å². The van der Waals surface area contributed by atoms with E-state index in [1.54, 1.807) is 19.3 Å². The predicted octanol–water partition coefficient (Wildman–Crippen LogP) is 4.23. The summed E-state index contributed by atoms with van der Waals surface area (Å²) in [5, 5.41) is 4.05. The van der Waals surface area contributed by atoms with Gasteiger partial charge in [0.1, 0.15) is 0 Å². The first-order chi connectivity index (χ1) is 8.39. The van der Waals surface area contributed by atoms with E-state index in [-0.39, 0.29) is 0 Å². The van der Waals surface area contributed by atoms with Gasteiger partial charge >= 0.3 is 0 Å². The van der Waals surface area contributed by atoms with Crippen LogP contribution in [0.25, 0.3) is 0 Å². The molecular weight excluding hydrogens is 218 g/mol. The van der Waals surface area contributed by atoms with Crippen molar-refractivity contribution in [2.24, 2.45) is 29.1 Å². The van der Waals surface area contributed by atoms with Crippen LogP contribution < -0.4 is 5.32 Å². The van der Waals surface area contributed by atoms with E-state index in [0.29, 0.717) is 11.0 Å². The Morgan fingerprint density at radius 1 is 1.00 bits per heavy atom. The Bertz CT molecular complexity index is 280. The molecule has 0 atom stereocenters. The van der Waals surface area contributed by atoms with Gasteiger partial charge in [-0.25, -0.2) is 0 Å². The second-order valence-corrected chi connectivity index (χ2v) is 8.69. The molecule has 0 aliphatic heterocycles. The average molecular weight is 249 g/mol. The molecular formula is C17H31N. The summed E-state index contributed by atoms with van der Waals surface area (Å²) in [6.07, 6.45) is 9.09. The van der Waals surface area contributed by atoms with Gasteiger partial charge in [0.25, 0.3) is 0 Å². The van der Waals surface area contributed by atoms with E-state index in [9.17, 15) is 0 Å². The van der Waals surface area contributed by atoms with Gasteiger partial charge in [0.05, 0.1) is 0 Å². The summed E-state index contributed by atoms with van der Waals surface area (Å²) in [5.41, 5.74) is 0.976. The van der Waals surface area contributed by atoms with E-state index in [0.717, 1.165) is 23.7 Å². The molecule has 1 heteroatoms. The maximum atomic E-state index is 4.05. The molecule has 0 radical (unpaired) electrons. The van der Waals surface area contributed by atoms with Crippen LogP contribution in [0, 0.1) is 29.1 Å². The minimum Gasteiger partial charge on any atom is -0.311 e. The quantitative estimate of drug-likeness (QED) is 0.786. The normalized spacial score (nSPS) is 42.8. The monoisotopic (exact) mass is 249 g/mol. The molecule has 0 saturated heterocycles. The van der Waals surface area contributed by atoms with Gasteiger partial charge in [-0.1, -0.05) is 27.7 Å². The molecule has 4 fully saturated rings. The maximum Gasteiger partial charge on any atom is 0.0189 e. The van der Waals surface area contributed by atoms with Crippen LogP contribution in [-0.2, 0) is 0 Å². The van der Waals surface area contributed by atoms with Crippen molar-refractivity contribution < 1.29 is 0 Å². The third-order valence-corrected chi connectivity index (χ3v) is 6.52. The largest absolute Gasteiger partial charge is 0.311 e. The molecule has 4 saturated carbocycles. The topological polar surface area (TPSA) is 12.0 Å². The molecule has 0 unspecified atom stereocenters. The van der Waals surface area contributed by atoms with Gasteiger partial charge in [-0.2, -0.15) is 0 Å². The third kappa shape index (κ3) is 2.24. The van der Waals surface area contributed by atoms with Crippen LogP contribution in [-0.4, -0.2) is 12.1 Å². The minimum absolute atomic E-state index is 0.434. The van der Waals surface area contributed by atoms with E-state index in [1.807, 2.05) is 0 Å². The molecule has 1 N–H and O–H groups in total. The van der Waals surface area contributed by atoms with E-state index in [4.69, 9.17) is 0 Å². The zero-order valence-electron chi connectivity index (χ0n) is 12.8. The fraction of sp³-hybridized carbons (Fsp3) is 1.00. The highest BCUT2D eigenvalue weighted by atomic mass is 15.0. The first kappa shape index (κ1) is 13.0. The Kier molecular flexibility index (Phi) is 3.05. The average Bonchev–Trinajstić information content (AvgIpc) is 2.24. The fourth-order valence-corrected chi connectivity index (χ4v) is 4.95. The van der Waals surface area contributed by atoms with Crippen molar-refractivity contribution in [2.45, 2.75) is 71.8 Å². The van der Waals surface area contributed by atoms with Gasteiger partial charge < -0.3 is 5.32 Å². The van der Waals surface area contributed by atoms with Crippen molar-refractivity contribution in [3.8, 4) is 0 Å². The smallest absolute Gasteiger partial charge is 0.0189 e. The molecule has 0 aromatic carbocycles. The zero-order valence-corrected chi connectivity index (χ0v) is 12.8. The molecule has 104 valence electrons. The molecule has 4 aliphatic carbocycles. The van der Waals surface area contributed by atoms with Gasteiger partial charge in [-0.05, 0) is 67.6 Å². The molecule has 0 amide bonds. The predicted molar refractivity (Wildman–Crippen MR) is 77.5 cm³/mol. The Morgan fingerprint density at radius 3 is 1.83 bits per heavy atom. The molecule has 0 aromatic heterocycles. The Balaban J connectivity index is 1.66. The summed E-state index contributed by atoms with van der Waals surface area (Å²) < 4.78 is 0. The second-order valence-electron chi connectivity index (χ2n) is 8.69. The highest BCUT2D eigenvalue weighted by Gasteiger charge is 2.50. The summed E-state index contributed by atoms with van der Waals surface area (Å²) in [7, 11) is 0. The first-order valence-corrected chi connectivity index (χ1v) is 8.14. The maximum absolute atomic E-state index is 4.05. The summed E-state index contributed by atoms with van der Waals surface area (Å²) >= 11 is 0. The van der Waals surface area contributed by atoms with E-state index in [1.165, 1.54) is 25.8 Å². The van der Waals surface area contributed by atoms with Crippen LogP contribution in [0.1, 0.15) is 66.2 Å². The lowest BCUT2D eigenvalue weighted by Crippen LogP contribution is -2.60. The molecule has 0 spiro atoms. The summed E-state index contributed by atoms with van der Waals surface area (Å²) in [5.74, 6) is 3.95. The Labute approximate surface area is 113 Å². The molecule has 18 heavy (non-hydrogen) atoms. The first-order valence-electron chi connectivity index (χ1n) is 8.14.